The monoisotopic (exact) mass is 444 g/mol. The highest BCUT2D eigenvalue weighted by Crippen LogP contribution is 2.40. The normalized spacial score (nSPS) is 15.3. The highest BCUT2D eigenvalue weighted by Gasteiger charge is 2.34. The molecule has 0 saturated heterocycles. The Morgan fingerprint density at radius 1 is 1.06 bits per heavy atom. The van der Waals surface area contributed by atoms with Gasteiger partial charge in [-0.3, -0.25) is 9.36 Å². The molecule has 7 heteroatoms. The Morgan fingerprint density at radius 2 is 1.78 bits per heavy atom. The number of allylic oxidation sites excluding steroid dienone is 1. The van der Waals surface area contributed by atoms with Gasteiger partial charge in [0.2, 0.25) is 5.95 Å². The van der Waals surface area contributed by atoms with Gasteiger partial charge in [-0.2, -0.15) is 0 Å². The van der Waals surface area contributed by atoms with Crippen molar-refractivity contribution in [2.45, 2.75) is 13.0 Å². The number of ether oxygens (including phenoxy) is 1. The fourth-order valence-electron chi connectivity index (χ4n) is 4.16. The number of hydrogen-bond donors (Lipinski definition) is 2. The van der Waals surface area contributed by atoms with Gasteiger partial charge in [0, 0.05) is 10.7 Å². The third-order valence-electron chi connectivity index (χ3n) is 5.62. The molecule has 0 aliphatic carbocycles. The topological polar surface area (TPSA) is 68.2 Å². The molecule has 0 spiro atoms. The van der Waals surface area contributed by atoms with Crippen molar-refractivity contribution in [1.29, 1.82) is 0 Å². The van der Waals surface area contributed by atoms with Crippen LogP contribution in [-0.4, -0.2) is 22.6 Å². The quantitative estimate of drug-likeness (QED) is 0.428. The van der Waals surface area contributed by atoms with Crippen molar-refractivity contribution < 1.29 is 9.53 Å². The summed E-state index contributed by atoms with van der Waals surface area (Å²) < 4.78 is 7.47. The van der Waals surface area contributed by atoms with Crippen molar-refractivity contribution in [2.75, 3.05) is 17.7 Å². The predicted molar refractivity (Wildman–Crippen MR) is 127 cm³/mol. The van der Waals surface area contributed by atoms with Crippen LogP contribution in [0.25, 0.3) is 11.0 Å². The summed E-state index contributed by atoms with van der Waals surface area (Å²) >= 11 is 6.16. The fraction of sp³-hybridized carbons (Fsp3) is 0.120. The van der Waals surface area contributed by atoms with Crippen molar-refractivity contribution in [3.05, 3.63) is 94.7 Å². The lowest BCUT2D eigenvalue weighted by Crippen LogP contribution is -2.31. The standard InChI is InChI=1S/C25H21ClN4O2/c1-15-22(24(31)28-19-8-4-6-10-21(19)32-2)23(16-11-13-17(26)14-12-16)30-20-9-5-3-7-18(20)29-25(30)27-15/h3-14,23H,1-2H3,(H,27,29)(H,28,31). The molecule has 2 heterocycles. The van der Waals surface area contributed by atoms with Crippen LogP contribution in [0.5, 0.6) is 5.75 Å². The Hall–Kier alpha value is -3.77. The number of anilines is 2. The van der Waals surface area contributed by atoms with Crippen LogP contribution < -0.4 is 15.4 Å². The van der Waals surface area contributed by atoms with Crippen LogP contribution in [0.4, 0.5) is 11.6 Å². The third-order valence-corrected chi connectivity index (χ3v) is 5.87. The number of benzene rings is 3. The van der Waals surface area contributed by atoms with Crippen LogP contribution >= 0.6 is 11.6 Å². The number of carbonyl (C=O) groups excluding carboxylic acids is 1. The predicted octanol–water partition coefficient (Wildman–Crippen LogP) is 5.63. The zero-order valence-corrected chi connectivity index (χ0v) is 18.4. The second kappa shape index (κ2) is 8.05. The number of hydrogen-bond acceptors (Lipinski definition) is 4. The molecule has 5 rings (SSSR count). The summed E-state index contributed by atoms with van der Waals surface area (Å²) in [4.78, 5) is 18.4. The smallest absolute Gasteiger partial charge is 0.255 e. The van der Waals surface area contributed by atoms with E-state index in [1.54, 1.807) is 7.11 Å². The number of nitrogens with one attached hydrogen (secondary N) is 2. The van der Waals surface area contributed by atoms with E-state index in [1.807, 2.05) is 79.7 Å². The minimum Gasteiger partial charge on any atom is -0.495 e. The van der Waals surface area contributed by atoms with Gasteiger partial charge < -0.3 is 15.4 Å². The molecule has 2 N–H and O–H groups in total. The molecule has 1 aliphatic heterocycles. The lowest BCUT2D eigenvalue weighted by atomic mass is 9.94. The summed E-state index contributed by atoms with van der Waals surface area (Å²) in [7, 11) is 1.58. The molecule has 6 nitrogen and oxygen atoms in total. The third kappa shape index (κ3) is 3.39. The Bertz CT molecular complexity index is 1360. The molecule has 1 atom stereocenters. The Balaban J connectivity index is 1.66. The zero-order chi connectivity index (χ0) is 22.2. The number of imidazole rings is 1. The van der Waals surface area contributed by atoms with Gasteiger partial charge in [0.1, 0.15) is 5.75 Å². The van der Waals surface area contributed by atoms with E-state index < -0.39 is 0 Å². The van der Waals surface area contributed by atoms with E-state index in [4.69, 9.17) is 21.3 Å². The lowest BCUT2D eigenvalue weighted by molar-refractivity contribution is -0.113. The van der Waals surface area contributed by atoms with Gasteiger partial charge >= 0.3 is 0 Å². The van der Waals surface area contributed by atoms with Crippen molar-refractivity contribution in [3.63, 3.8) is 0 Å². The maximum atomic E-state index is 13.6. The summed E-state index contributed by atoms with van der Waals surface area (Å²) in [5.74, 6) is 1.07. The largest absolute Gasteiger partial charge is 0.495 e. The first-order chi connectivity index (χ1) is 15.6. The number of fused-ring (bicyclic) bond motifs is 3. The molecule has 0 radical (unpaired) electrons. The molecule has 3 aromatic carbocycles. The Labute approximate surface area is 190 Å². The highest BCUT2D eigenvalue weighted by atomic mass is 35.5. The molecule has 1 aliphatic rings. The molecule has 4 aromatic rings. The number of halogens is 1. The first-order valence-electron chi connectivity index (χ1n) is 10.2. The van der Waals surface area contributed by atoms with E-state index in [0.717, 1.165) is 22.3 Å². The van der Waals surface area contributed by atoms with Crippen molar-refractivity contribution >= 4 is 40.2 Å². The minimum atomic E-state index is -0.384. The SMILES string of the molecule is COc1ccccc1NC(=O)C1=C(C)Nc2nc3ccccc3n2C1c1ccc(Cl)cc1. The fourth-order valence-corrected chi connectivity index (χ4v) is 4.28. The first kappa shape index (κ1) is 20.2. The van der Waals surface area contributed by atoms with Gasteiger partial charge in [0.05, 0.1) is 35.4 Å². The summed E-state index contributed by atoms with van der Waals surface area (Å²) in [6.07, 6.45) is 0. The molecule has 1 unspecified atom stereocenters. The van der Waals surface area contributed by atoms with Gasteiger partial charge in [-0.1, -0.05) is 48.0 Å². The number of rotatable bonds is 4. The van der Waals surface area contributed by atoms with Crippen LogP contribution in [0.15, 0.2) is 84.1 Å². The minimum absolute atomic E-state index is 0.220. The second-order valence-electron chi connectivity index (χ2n) is 7.57. The van der Waals surface area contributed by atoms with Crippen LogP contribution in [0.3, 0.4) is 0 Å². The summed E-state index contributed by atoms with van der Waals surface area (Å²) in [6.45, 7) is 1.89. The maximum absolute atomic E-state index is 13.6. The molecular weight excluding hydrogens is 424 g/mol. The van der Waals surface area contributed by atoms with Crippen molar-refractivity contribution in [2.24, 2.45) is 0 Å². The van der Waals surface area contributed by atoms with E-state index >= 15 is 0 Å². The lowest BCUT2D eigenvalue weighted by Gasteiger charge is -2.31. The molecule has 32 heavy (non-hydrogen) atoms. The van der Waals surface area contributed by atoms with E-state index in [2.05, 4.69) is 15.2 Å². The van der Waals surface area contributed by atoms with Crippen LogP contribution in [0.1, 0.15) is 18.5 Å². The van der Waals surface area contributed by atoms with Gasteiger partial charge in [-0.15, -0.1) is 0 Å². The molecule has 0 bridgehead atoms. The van der Waals surface area contributed by atoms with Crippen LogP contribution in [-0.2, 0) is 4.79 Å². The maximum Gasteiger partial charge on any atom is 0.255 e. The molecule has 160 valence electrons. The highest BCUT2D eigenvalue weighted by molar-refractivity contribution is 6.30. The Kier molecular flexibility index (Phi) is 5.07. The van der Waals surface area contributed by atoms with E-state index in [0.29, 0.717) is 28.0 Å². The molecule has 1 aromatic heterocycles. The van der Waals surface area contributed by atoms with Crippen molar-refractivity contribution in [3.8, 4) is 5.75 Å². The number of amides is 1. The first-order valence-corrected chi connectivity index (χ1v) is 10.6. The average Bonchev–Trinajstić information content (AvgIpc) is 3.17. The van der Waals surface area contributed by atoms with E-state index in [1.165, 1.54) is 0 Å². The number of methoxy groups -OCH3 is 1. The summed E-state index contributed by atoms with van der Waals surface area (Å²) in [6, 6.07) is 22.4. The van der Waals surface area contributed by atoms with Crippen LogP contribution in [0.2, 0.25) is 5.02 Å². The Morgan fingerprint density at radius 3 is 2.56 bits per heavy atom. The summed E-state index contributed by atoms with van der Waals surface area (Å²) in [5.41, 5.74) is 4.66. The number of para-hydroxylation sites is 4. The molecular formula is C25H21ClN4O2. The van der Waals surface area contributed by atoms with Gasteiger partial charge in [0.15, 0.2) is 0 Å². The van der Waals surface area contributed by atoms with Gasteiger partial charge in [0.25, 0.3) is 5.91 Å². The molecule has 0 saturated carbocycles. The summed E-state index contributed by atoms with van der Waals surface area (Å²) in [5, 5.41) is 6.98. The van der Waals surface area contributed by atoms with E-state index in [-0.39, 0.29) is 11.9 Å². The van der Waals surface area contributed by atoms with Gasteiger partial charge in [-0.05, 0) is 48.9 Å². The molecule has 0 fully saturated rings. The molecule has 1 amide bonds. The van der Waals surface area contributed by atoms with Crippen molar-refractivity contribution in [1.82, 2.24) is 9.55 Å². The van der Waals surface area contributed by atoms with Crippen LogP contribution in [0, 0.1) is 0 Å². The van der Waals surface area contributed by atoms with Gasteiger partial charge in [-0.25, -0.2) is 4.98 Å². The number of nitrogens with zero attached hydrogens (tertiary/aromatic N) is 2. The van der Waals surface area contributed by atoms with E-state index in [9.17, 15) is 4.79 Å². The zero-order valence-electron chi connectivity index (χ0n) is 17.6. The number of aromatic nitrogens is 2. The number of carbonyl (C=O) groups is 1. The average molecular weight is 445 g/mol. The second-order valence-corrected chi connectivity index (χ2v) is 8.00.